The molecule has 1 aliphatic rings. The number of aliphatic hydroxyl groups excluding tert-OH is 1. The smallest absolute Gasteiger partial charge is 0.314 e. The Kier molecular flexibility index (Phi) is 4.79. The number of nitro groups is 1. The van der Waals surface area contributed by atoms with Crippen molar-refractivity contribution >= 4 is 5.69 Å². The molecule has 0 aliphatic heterocycles. The molecular formula is C14H19NO5. The molecule has 1 N–H and O–H groups in total. The molecule has 0 aromatic heterocycles. The normalized spacial score (nSPS) is 22.9. The van der Waals surface area contributed by atoms with Crippen LogP contribution >= 0.6 is 0 Å². The van der Waals surface area contributed by atoms with Crippen molar-refractivity contribution in [2.24, 2.45) is 0 Å². The predicted octanol–water partition coefficient (Wildman–Crippen LogP) is 2.68. The summed E-state index contributed by atoms with van der Waals surface area (Å²) in [6.07, 6.45) is 3.42. The Morgan fingerprint density at radius 3 is 2.75 bits per heavy atom. The average molecular weight is 281 g/mol. The maximum absolute atomic E-state index is 11.1. The van der Waals surface area contributed by atoms with E-state index in [9.17, 15) is 15.2 Å². The van der Waals surface area contributed by atoms with E-state index >= 15 is 0 Å². The fraction of sp³-hybridized carbons (Fsp3) is 0.571. The number of nitrogens with zero attached hydrogens (tertiary/aromatic N) is 1. The number of hydrogen-bond donors (Lipinski definition) is 1. The van der Waals surface area contributed by atoms with E-state index < -0.39 is 11.0 Å². The van der Waals surface area contributed by atoms with Gasteiger partial charge in [0.15, 0.2) is 5.75 Å². The third-order valence-corrected chi connectivity index (χ3v) is 3.56. The van der Waals surface area contributed by atoms with E-state index in [1.54, 1.807) is 6.07 Å². The fourth-order valence-electron chi connectivity index (χ4n) is 2.42. The fourth-order valence-corrected chi connectivity index (χ4v) is 2.42. The molecule has 1 fully saturated rings. The quantitative estimate of drug-likeness (QED) is 0.521. The van der Waals surface area contributed by atoms with Crippen molar-refractivity contribution in [2.75, 3.05) is 7.11 Å². The van der Waals surface area contributed by atoms with Crippen molar-refractivity contribution in [1.29, 1.82) is 0 Å². The first-order chi connectivity index (χ1) is 9.61. The molecule has 110 valence electrons. The van der Waals surface area contributed by atoms with E-state index in [4.69, 9.17) is 9.47 Å². The highest BCUT2D eigenvalue weighted by molar-refractivity contribution is 5.51. The molecule has 0 bridgehead atoms. The summed E-state index contributed by atoms with van der Waals surface area (Å²) in [6, 6.07) is 4.47. The first-order valence-corrected chi connectivity index (χ1v) is 6.79. The number of hydrogen-bond acceptors (Lipinski definition) is 5. The predicted molar refractivity (Wildman–Crippen MR) is 73.2 cm³/mol. The molecule has 1 aromatic rings. The third-order valence-electron chi connectivity index (χ3n) is 3.56. The number of nitro benzene ring substituents is 1. The lowest BCUT2D eigenvalue weighted by atomic mass is 10.1. The van der Waals surface area contributed by atoms with E-state index in [-0.39, 0.29) is 17.5 Å². The molecule has 6 nitrogen and oxygen atoms in total. The number of ether oxygens (including phenoxy) is 2. The van der Waals surface area contributed by atoms with Crippen LogP contribution < -0.4 is 9.47 Å². The average Bonchev–Trinajstić information content (AvgIpc) is 2.64. The van der Waals surface area contributed by atoms with Crippen molar-refractivity contribution in [1.82, 2.24) is 0 Å². The Hall–Kier alpha value is -1.82. The zero-order valence-corrected chi connectivity index (χ0v) is 11.4. The topological polar surface area (TPSA) is 81.8 Å². The van der Waals surface area contributed by atoms with Gasteiger partial charge >= 0.3 is 5.69 Å². The highest BCUT2D eigenvalue weighted by Gasteiger charge is 2.26. The third kappa shape index (κ3) is 3.39. The highest BCUT2D eigenvalue weighted by atomic mass is 16.6. The van der Waals surface area contributed by atoms with Crippen LogP contribution in [0.2, 0.25) is 0 Å². The van der Waals surface area contributed by atoms with Crippen LogP contribution in [0.25, 0.3) is 0 Å². The van der Waals surface area contributed by atoms with Gasteiger partial charge in [-0.2, -0.15) is 0 Å². The summed E-state index contributed by atoms with van der Waals surface area (Å²) in [5, 5.41) is 21.1. The van der Waals surface area contributed by atoms with Gasteiger partial charge in [0.25, 0.3) is 0 Å². The van der Waals surface area contributed by atoms with Gasteiger partial charge in [0, 0.05) is 0 Å². The molecule has 0 radical (unpaired) electrons. The minimum absolute atomic E-state index is 0.138. The van der Waals surface area contributed by atoms with Crippen molar-refractivity contribution < 1.29 is 19.5 Å². The zero-order chi connectivity index (χ0) is 14.5. The molecule has 2 atom stereocenters. The lowest BCUT2D eigenvalue weighted by Crippen LogP contribution is -2.30. The van der Waals surface area contributed by atoms with Crippen LogP contribution in [-0.4, -0.2) is 29.3 Å². The molecule has 0 spiro atoms. The Balaban J connectivity index is 2.21. The van der Waals surface area contributed by atoms with Crippen LogP contribution in [0.3, 0.4) is 0 Å². The number of benzene rings is 1. The zero-order valence-electron chi connectivity index (χ0n) is 11.4. The number of aliphatic hydroxyl groups is 1. The van der Waals surface area contributed by atoms with Gasteiger partial charge in [-0.05, 0) is 31.4 Å². The number of rotatable bonds is 4. The summed E-state index contributed by atoms with van der Waals surface area (Å²) in [7, 11) is 1.45. The summed E-state index contributed by atoms with van der Waals surface area (Å²) in [5.74, 6) is 0.590. The summed E-state index contributed by atoms with van der Waals surface area (Å²) in [6.45, 7) is 0. The summed E-state index contributed by atoms with van der Waals surface area (Å²) in [4.78, 5) is 10.6. The minimum Gasteiger partial charge on any atom is -0.496 e. The molecule has 0 saturated heterocycles. The number of methoxy groups -OCH3 is 1. The minimum atomic E-state index is -0.570. The van der Waals surface area contributed by atoms with Crippen LogP contribution in [0.15, 0.2) is 18.2 Å². The SMILES string of the molecule is COc1ccc(OC2CCCCCC2O)c([N+](=O)[O-])c1. The Labute approximate surface area is 117 Å². The van der Waals surface area contributed by atoms with Gasteiger partial charge in [0.1, 0.15) is 11.9 Å². The lowest BCUT2D eigenvalue weighted by Gasteiger charge is -2.21. The van der Waals surface area contributed by atoms with Crippen LogP contribution in [0.5, 0.6) is 11.5 Å². The molecular weight excluding hydrogens is 262 g/mol. The molecule has 1 aliphatic carbocycles. The van der Waals surface area contributed by atoms with Gasteiger partial charge in [-0.25, -0.2) is 0 Å². The molecule has 0 heterocycles. The van der Waals surface area contributed by atoms with Crippen LogP contribution in [0.1, 0.15) is 32.1 Å². The molecule has 2 rings (SSSR count). The van der Waals surface area contributed by atoms with Gasteiger partial charge in [-0.15, -0.1) is 0 Å². The maximum atomic E-state index is 11.1. The molecule has 0 amide bonds. The van der Waals surface area contributed by atoms with Gasteiger partial charge in [-0.1, -0.05) is 12.8 Å². The molecule has 2 unspecified atom stereocenters. The van der Waals surface area contributed by atoms with Gasteiger partial charge in [0.05, 0.1) is 24.2 Å². The molecule has 1 saturated carbocycles. The second kappa shape index (κ2) is 6.56. The molecule has 20 heavy (non-hydrogen) atoms. The van der Waals surface area contributed by atoms with Crippen LogP contribution in [-0.2, 0) is 0 Å². The summed E-state index contributed by atoms with van der Waals surface area (Å²) >= 11 is 0. The van der Waals surface area contributed by atoms with Crippen molar-refractivity contribution in [2.45, 2.75) is 44.3 Å². The van der Waals surface area contributed by atoms with E-state index in [2.05, 4.69) is 0 Å². The van der Waals surface area contributed by atoms with Crippen LogP contribution in [0.4, 0.5) is 5.69 Å². The highest BCUT2D eigenvalue weighted by Crippen LogP contribution is 2.33. The van der Waals surface area contributed by atoms with Crippen molar-refractivity contribution in [3.05, 3.63) is 28.3 Å². The first kappa shape index (κ1) is 14.6. The largest absolute Gasteiger partial charge is 0.496 e. The summed E-state index contributed by atoms with van der Waals surface area (Å²) in [5.41, 5.74) is -0.138. The van der Waals surface area contributed by atoms with Gasteiger partial charge < -0.3 is 14.6 Å². The van der Waals surface area contributed by atoms with E-state index in [0.29, 0.717) is 18.6 Å². The Morgan fingerprint density at radius 1 is 1.30 bits per heavy atom. The maximum Gasteiger partial charge on any atom is 0.314 e. The molecule has 1 aromatic carbocycles. The molecule has 6 heteroatoms. The lowest BCUT2D eigenvalue weighted by molar-refractivity contribution is -0.386. The second-order valence-electron chi connectivity index (χ2n) is 4.95. The van der Waals surface area contributed by atoms with E-state index in [1.165, 1.54) is 19.2 Å². The Morgan fingerprint density at radius 2 is 2.05 bits per heavy atom. The first-order valence-electron chi connectivity index (χ1n) is 6.79. The summed E-state index contributed by atoms with van der Waals surface area (Å²) < 4.78 is 10.7. The van der Waals surface area contributed by atoms with E-state index in [1.807, 2.05) is 0 Å². The van der Waals surface area contributed by atoms with Crippen molar-refractivity contribution in [3.63, 3.8) is 0 Å². The van der Waals surface area contributed by atoms with Gasteiger partial charge in [-0.3, -0.25) is 10.1 Å². The van der Waals surface area contributed by atoms with Gasteiger partial charge in [0.2, 0.25) is 0 Å². The standard InChI is InChI=1S/C14H19NO5/c1-19-10-7-8-13(11(9-10)15(17)18)20-14-6-4-2-3-5-12(14)16/h7-9,12,14,16H,2-6H2,1H3. The van der Waals surface area contributed by atoms with E-state index in [0.717, 1.165) is 19.3 Å². The monoisotopic (exact) mass is 281 g/mol. The second-order valence-corrected chi connectivity index (χ2v) is 4.95. The Bertz CT molecular complexity index is 477. The van der Waals surface area contributed by atoms with Crippen molar-refractivity contribution in [3.8, 4) is 11.5 Å². The van der Waals surface area contributed by atoms with Crippen LogP contribution in [0, 0.1) is 10.1 Å².